The van der Waals surface area contributed by atoms with Crippen molar-refractivity contribution in [1.82, 2.24) is 10.6 Å². The summed E-state index contributed by atoms with van der Waals surface area (Å²) in [5.74, 6) is -1.34. The van der Waals surface area contributed by atoms with Gasteiger partial charge in [0.25, 0.3) is 0 Å². The minimum atomic E-state index is -0.935. The fourth-order valence-electron chi connectivity index (χ4n) is 3.86. The number of hydrogen-bond acceptors (Lipinski definition) is 4. The molecule has 0 radical (unpaired) electrons. The number of hydrogen-bond donors (Lipinski definition) is 3. The Bertz CT molecular complexity index is 956. The molecule has 1 unspecified atom stereocenters. The lowest BCUT2D eigenvalue weighted by molar-refractivity contribution is -0.147. The number of carbonyl (C=O) groups is 3. The molecule has 0 aliphatic heterocycles. The molecule has 0 heterocycles. The van der Waals surface area contributed by atoms with E-state index in [1.54, 1.807) is 20.8 Å². The summed E-state index contributed by atoms with van der Waals surface area (Å²) in [4.78, 5) is 36.0. The van der Waals surface area contributed by atoms with Gasteiger partial charge >= 0.3 is 12.1 Å². The third-order valence-electron chi connectivity index (χ3n) is 5.99. The second-order valence-corrected chi connectivity index (χ2v) is 8.66. The summed E-state index contributed by atoms with van der Waals surface area (Å²) in [6.07, 6.45) is 0.0214. The Labute approximate surface area is 188 Å². The van der Waals surface area contributed by atoms with Crippen LogP contribution in [-0.2, 0) is 14.3 Å². The number of carboxylic acids is 1. The quantitative estimate of drug-likeness (QED) is 0.550. The van der Waals surface area contributed by atoms with Crippen molar-refractivity contribution in [3.05, 3.63) is 59.7 Å². The molecule has 0 fully saturated rings. The molecule has 0 aromatic heterocycles. The first-order valence-electron chi connectivity index (χ1n) is 10.9. The lowest BCUT2D eigenvalue weighted by atomic mass is 9.89. The lowest BCUT2D eigenvalue weighted by Gasteiger charge is -2.21. The Morgan fingerprint density at radius 1 is 1.03 bits per heavy atom. The molecular formula is C25H30N2O5. The Morgan fingerprint density at radius 3 is 2.12 bits per heavy atom. The summed E-state index contributed by atoms with van der Waals surface area (Å²) in [7, 11) is 0. The maximum absolute atomic E-state index is 12.4. The highest BCUT2D eigenvalue weighted by molar-refractivity contribution is 5.85. The van der Waals surface area contributed by atoms with Crippen LogP contribution in [0, 0.1) is 5.41 Å². The zero-order valence-corrected chi connectivity index (χ0v) is 18.7. The van der Waals surface area contributed by atoms with Gasteiger partial charge < -0.3 is 20.5 Å². The molecule has 3 rings (SSSR count). The van der Waals surface area contributed by atoms with Crippen LogP contribution in [0.5, 0.6) is 0 Å². The fraction of sp³-hybridized carbons (Fsp3) is 0.400. The van der Waals surface area contributed by atoms with Crippen LogP contribution in [0.25, 0.3) is 11.1 Å². The average molecular weight is 439 g/mol. The van der Waals surface area contributed by atoms with Gasteiger partial charge in [0.05, 0.1) is 5.41 Å². The van der Waals surface area contributed by atoms with Gasteiger partial charge in [0.15, 0.2) is 0 Å². The Balaban J connectivity index is 1.55. The van der Waals surface area contributed by atoms with Crippen LogP contribution >= 0.6 is 0 Å². The summed E-state index contributed by atoms with van der Waals surface area (Å²) >= 11 is 0. The minimum Gasteiger partial charge on any atom is -0.481 e. The van der Waals surface area contributed by atoms with Crippen LogP contribution in [0.1, 0.15) is 50.7 Å². The highest BCUT2D eigenvalue weighted by atomic mass is 16.5. The van der Waals surface area contributed by atoms with E-state index < -0.39 is 23.5 Å². The summed E-state index contributed by atoms with van der Waals surface area (Å²) in [6, 6.07) is 15.4. The van der Waals surface area contributed by atoms with Crippen molar-refractivity contribution in [1.29, 1.82) is 0 Å². The predicted molar refractivity (Wildman–Crippen MR) is 121 cm³/mol. The number of benzene rings is 2. The molecular weight excluding hydrogens is 408 g/mol. The second kappa shape index (κ2) is 9.85. The average Bonchev–Trinajstić information content (AvgIpc) is 3.09. The summed E-state index contributed by atoms with van der Waals surface area (Å²) in [6.45, 7) is 5.38. The summed E-state index contributed by atoms with van der Waals surface area (Å²) < 4.78 is 5.50. The Morgan fingerprint density at radius 2 is 1.59 bits per heavy atom. The van der Waals surface area contributed by atoms with Crippen LogP contribution in [0.4, 0.5) is 4.79 Å². The molecule has 1 aliphatic carbocycles. The number of carboxylic acid groups (broad SMARTS) is 1. The minimum absolute atomic E-state index is 0.0553. The molecule has 7 nitrogen and oxygen atoms in total. The van der Waals surface area contributed by atoms with E-state index in [1.807, 2.05) is 36.4 Å². The van der Waals surface area contributed by atoms with E-state index in [-0.39, 0.29) is 31.4 Å². The molecule has 0 saturated carbocycles. The second-order valence-electron chi connectivity index (χ2n) is 8.66. The number of aliphatic carboxylic acids is 1. The number of nitrogens with one attached hydrogen (secondary N) is 2. The van der Waals surface area contributed by atoms with Gasteiger partial charge in [-0.05, 0) is 48.9 Å². The van der Waals surface area contributed by atoms with Crippen molar-refractivity contribution >= 4 is 18.0 Å². The number of alkyl carbamates (subject to hydrolysis) is 1. The molecule has 32 heavy (non-hydrogen) atoms. The van der Waals surface area contributed by atoms with Crippen LogP contribution < -0.4 is 10.6 Å². The molecule has 2 amide bonds. The number of fused-ring (bicyclic) bond motifs is 3. The van der Waals surface area contributed by atoms with Crippen molar-refractivity contribution in [3.8, 4) is 11.1 Å². The first kappa shape index (κ1) is 23.3. The van der Waals surface area contributed by atoms with Gasteiger partial charge in [0.1, 0.15) is 12.6 Å². The van der Waals surface area contributed by atoms with Crippen LogP contribution in [-0.4, -0.2) is 42.3 Å². The first-order chi connectivity index (χ1) is 15.2. The third kappa shape index (κ3) is 5.10. The van der Waals surface area contributed by atoms with Crippen molar-refractivity contribution < 1.29 is 24.2 Å². The van der Waals surface area contributed by atoms with Crippen molar-refractivity contribution in [3.63, 3.8) is 0 Å². The molecule has 170 valence electrons. The molecule has 7 heteroatoms. The van der Waals surface area contributed by atoms with E-state index >= 15 is 0 Å². The zero-order valence-electron chi connectivity index (χ0n) is 18.7. The molecule has 0 saturated heterocycles. The van der Waals surface area contributed by atoms with E-state index in [2.05, 4.69) is 22.8 Å². The Hall–Kier alpha value is -3.35. The fourth-order valence-corrected chi connectivity index (χ4v) is 3.86. The number of ether oxygens (including phenoxy) is 1. The summed E-state index contributed by atoms with van der Waals surface area (Å²) in [5.41, 5.74) is 3.59. The number of amides is 2. The van der Waals surface area contributed by atoms with E-state index in [9.17, 15) is 14.4 Å². The molecule has 1 atom stereocenters. The van der Waals surface area contributed by atoms with Crippen molar-refractivity contribution in [2.75, 3.05) is 13.2 Å². The van der Waals surface area contributed by atoms with Gasteiger partial charge in [-0.15, -0.1) is 0 Å². The molecule has 0 bridgehead atoms. The first-order valence-corrected chi connectivity index (χ1v) is 10.9. The van der Waals surface area contributed by atoms with E-state index in [0.717, 1.165) is 22.3 Å². The van der Waals surface area contributed by atoms with Gasteiger partial charge in [0.2, 0.25) is 5.91 Å². The van der Waals surface area contributed by atoms with Gasteiger partial charge in [0, 0.05) is 12.5 Å². The van der Waals surface area contributed by atoms with Gasteiger partial charge in [-0.2, -0.15) is 0 Å². The Kier molecular flexibility index (Phi) is 7.18. The van der Waals surface area contributed by atoms with Gasteiger partial charge in [-0.1, -0.05) is 55.5 Å². The maximum Gasteiger partial charge on any atom is 0.407 e. The lowest BCUT2D eigenvalue weighted by Crippen LogP contribution is -2.47. The highest BCUT2D eigenvalue weighted by Crippen LogP contribution is 2.44. The molecule has 2 aromatic rings. The molecule has 2 aromatic carbocycles. The number of rotatable bonds is 9. The van der Waals surface area contributed by atoms with E-state index in [4.69, 9.17) is 9.84 Å². The normalized spacial score (nSPS) is 13.6. The summed E-state index contributed by atoms with van der Waals surface area (Å²) in [5, 5.41) is 14.5. The topological polar surface area (TPSA) is 105 Å². The zero-order chi connectivity index (χ0) is 23.3. The molecule has 0 spiro atoms. The van der Waals surface area contributed by atoms with Crippen LogP contribution in [0.15, 0.2) is 48.5 Å². The monoisotopic (exact) mass is 438 g/mol. The third-order valence-corrected chi connectivity index (χ3v) is 5.99. The van der Waals surface area contributed by atoms with Crippen LogP contribution in [0.3, 0.4) is 0 Å². The van der Waals surface area contributed by atoms with E-state index in [0.29, 0.717) is 6.42 Å². The SMILES string of the molecule is CCC(NC(=O)OCC1c2ccccc2-c2ccccc21)C(=O)NCCC(C)(C)C(=O)O. The molecule has 1 aliphatic rings. The predicted octanol–water partition coefficient (Wildman–Crippen LogP) is 3.92. The largest absolute Gasteiger partial charge is 0.481 e. The van der Waals surface area contributed by atoms with E-state index in [1.165, 1.54) is 0 Å². The number of carbonyl (C=O) groups excluding carboxylic acids is 2. The van der Waals surface area contributed by atoms with Crippen LogP contribution in [0.2, 0.25) is 0 Å². The van der Waals surface area contributed by atoms with Crippen molar-refractivity contribution in [2.24, 2.45) is 5.41 Å². The van der Waals surface area contributed by atoms with Crippen molar-refractivity contribution in [2.45, 2.75) is 45.6 Å². The standard InChI is InChI=1S/C25H30N2O5/c1-4-21(22(28)26-14-13-25(2,3)23(29)30)27-24(31)32-15-20-18-11-7-5-9-16(18)17-10-6-8-12-19(17)20/h5-12,20-21H,4,13-15H2,1-3H3,(H,26,28)(H,27,31)(H,29,30). The maximum atomic E-state index is 12.4. The van der Waals surface area contributed by atoms with Gasteiger partial charge in [-0.3, -0.25) is 9.59 Å². The molecule has 3 N–H and O–H groups in total. The van der Waals surface area contributed by atoms with Gasteiger partial charge in [-0.25, -0.2) is 4.79 Å². The highest BCUT2D eigenvalue weighted by Gasteiger charge is 2.30. The smallest absolute Gasteiger partial charge is 0.407 e.